The van der Waals surface area contributed by atoms with Gasteiger partial charge in [-0.1, -0.05) is 49.4 Å². The van der Waals surface area contributed by atoms with Crippen LogP contribution in [0.15, 0.2) is 69.8 Å². The van der Waals surface area contributed by atoms with Crippen LogP contribution in [0.5, 0.6) is 0 Å². The summed E-state index contributed by atoms with van der Waals surface area (Å²) in [6.45, 7) is 8.68. The van der Waals surface area contributed by atoms with Crippen molar-refractivity contribution in [3.05, 3.63) is 65.7 Å². The summed E-state index contributed by atoms with van der Waals surface area (Å²) in [4.78, 5) is 14.7. The van der Waals surface area contributed by atoms with Crippen LogP contribution in [0.2, 0.25) is 0 Å². The van der Waals surface area contributed by atoms with Crippen LogP contribution in [-0.4, -0.2) is 67.3 Å². The van der Waals surface area contributed by atoms with Gasteiger partial charge in [0, 0.05) is 37.8 Å². The summed E-state index contributed by atoms with van der Waals surface area (Å²) in [7, 11) is -3.66. The third kappa shape index (κ3) is 5.09. The average molecular weight is 470 g/mol. The highest BCUT2D eigenvalue weighted by molar-refractivity contribution is 7.89. The molecule has 2 atom stereocenters. The van der Waals surface area contributed by atoms with Gasteiger partial charge >= 0.3 is 0 Å². The van der Waals surface area contributed by atoms with Gasteiger partial charge in [0.1, 0.15) is 6.04 Å². The van der Waals surface area contributed by atoms with Crippen molar-refractivity contribution in [3.8, 4) is 0 Å². The number of nitrogens with zero attached hydrogens (tertiary/aromatic N) is 5. The molecule has 0 aromatic heterocycles. The van der Waals surface area contributed by atoms with Gasteiger partial charge in [-0.3, -0.25) is 9.80 Å². The minimum absolute atomic E-state index is 0.0684. The normalized spacial score (nSPS) is 21.7. The van der Waals surface area contributed by atoms with Crippen molar-refractivity contribution >= 4 is 15.9 Å². The number of carbonyl (C=O) groups is 1. The molecule has 1 fully saturated rings. The van der Waals surface area contributed by atoms with Crippen LogP contribution in [0.25, 0.3) is 0 Å². The summed E-state index contributed by atoms with van der Waals surface area (Å²) in [5.41, 5.74) is 1.57. The molecule has 1 unspecified atom stereocenters. The second-order valence-electron chi connectivity index (χ2n) is 9.14. The lowest BCUT2D eigenvalue weighted by atomic mass is 10.1. The number of hydrogen-bond acceptors (Lipinski definition) is 6. The van der Waals surface area contributed by atoms with Crippen molar-refractivity contribution in [2.24, 2.45) is 16.3 Å². The Hall–Kier alpha value is -2.78. The molecule has 176 valence electrons. The van der Waals surface area contributed by atoms with E-state index in [1.54, 1.807) is 29.2 Å². The molecule has 2 aliphatic rings. The van der Waals surface area contributed by atoms with E-state index in [-0.39, 0.29) is 29.4 Å². The Labute approximate surface area is 195 Å². The molecule has 0 saturated carbocycles. The van der Waals surface area contributed by atoms with E-state index in [9.17, 15) is 13.2 Å². The number of rotatable bonds is 6. The van der Waals surface area contributed by atoms with Gasteiger partial charge in [0.15, 0.2) is 0 Å². The smallest absolute Gasteiger partial charge is 0.253 e. The number of carbonyl (C=O) groups excluding carboxylic acids is 1. The summed E-state index contributed by atoms with van der Waals surface area (Å²) in [5, 5.41) is 10.5. The molecule has 0 N–H and O–H groups in total. The molecule has 9 heteroatoms. The van der Waals surface area contributed by atoms with E-state index in [4.69, 9.17) is 0 Å². The topological polar surface area (TPSA) is 85.7 Å². The zero-order valence-electron chi connectivity index (χ0n) is 19.3. The average Bonchev–Trinajstić information content (AvgIpc) is 3.26. The van der Waals surface area contributed by atoms with Crippen LogP contribution in [0.4, 0.5) is 0 Å². The lowest BCUT2D eigenvalue weighted by Gasteiger charge is -2.39. The van der Waals surface area contributed by atoms with Crippen LogP contribution in [-0.2, 0) is 10.0 Å². The second kappa shape index (κ2) is 9.61. The molecule has 1 amide bonds. The van der Waals surface area contributed by atoms with Crippen LogP contribution < -0.4 is 0 Å². The standard InChI is InChI=1S/C24H31N5O3S/c1-18(2)15-28-17-23(25-26-28)20-9-11-22(12-10-20)33(31,32)29-14-13-27(16-19(29)3)24(30)21-7-5-4-6-8-21/h4-12,18-19,23H,13-17H2,1-3H3/t19-,23?/m1/s1. The molecule has 4 rings (SSSR count). The number of piperazine rings is 1. The largest absolute Gasteiger partial charge is 0.336 e. The van der Waals surface area contributed by atoms with Gasteiger partial charge < -0.3 is 4.90 Å². The van der Waals surface area contributed by atoms with E-state index in [1.807, 2.05) is 42.3 Å². The number of hydrogen-bond donors (Lipinski definition) is 0. The first-order chi connectivity index (χ1) is 15.8. The predicted octanol–water partition coefficient (Wildman–Crippen LogP) is 3.60. The Balaban J connectivity index is 1.41. The third-order valence-corrected chi connectivity index (χ3v) is 8.05. The van der Waals surface area contributed by atoms with Crippen LogP contribution in [0, 0.1) is 5.92 Å². The maximum absolute atomic E-state index is 13.3. The zero-order chi connectivity index (χ0) is 23.6. The first-order valence-corrected chi connectivity index (χ1v) is 12.8. The monoisotopic (exact) mass is 469 g/mol. The molecule has 1 saturated heterocycles. The van der Waals surface area contributed by atoms with E-state index >= 15 is 0 Å². The molecule has 2 aromatic rings. The number of benzene rings is 2. The molecule has 0 spiro atoms. The summed E-state index contributed by atoms with van der Waals surface area (Å²) in [6.07, 6.45) is 0. The number of amides is 1. The number of sulfonamides is 1. The van der Waals surface area contributed by atoms with Crippen molar-refractivity contribution < 1.29 is 13.2 Å². The third-order valence-electron chi connectivity index (χ3n) is 6.02. The summed E-state index contributed by atoms with van der Waals surface area (Å²) in [6, 6.07) is 15.7. The van der Waals surface area contributed by atoms with E-state index in [2.05, 4.69) is 24.2 Å². The van der Waals surface area contributed by atoms with Gasteiger partial charge in [0.25, 0.3) is 5.91 Å². The van der Waals surface area contributed by atoms with E-state index < -0.39 is 10.0 Å². The van der Waals surface area contributed by atoms with Gasteiger partial charge in [-0.15, -0.1) is 0 Å². The van der Waals surface area contributed by atoms with E-state index in [0.29, 0.717) is 31.1 Å². The summed E-state index contributed by atoms with van der Waals surface area (Å²) in [5.74, 6) is 0.432. The fourth-order valence-electron chi connectivity index (χ4n) is 4.36. The van der Waals surface area contributed by atoms with E-state index in [1.165, 1.54) is 4.31 Å². The minimum Gasteiger partial charge on any atom is -0.336 e. The first kappa shape index (κ1) is 23.4. The Morgan fingerprint density at radius 3 is 2.36 bits per heavy atom. The van der Waals surface area contributed by atoms with Gasteiger partial charge in [-0.2, -0.15) is 9.42 Å². The molecule has 2 aromatic carbocycles. The maximum Gasteiger partial charge on any atom is 0.253 e. The van der Waals surface area contributed by atoms with Crippen LogP contribution in [0.3, 0.4) is 0 Å². The molecular weight excluding hydrogens is 438 g/mol. The summed E-state index contributed by atoms with van der Waals surface area (Å²) < 4.78 is 28.1. The lowest BCUT2D eigenvalue weighted by Crippen LogP contribution is -2.55. The minimum atomic E-state index is -3.66. The lowest BCUT2D eigenvalue weighted by molar-refractivity contribution is 0.0642. The van der Waals surface area contributed by atoms with Crippen molar-refractivity contribution in [3.63, 3.8) is 0 Å². The van der Waals surface area contributed by atoms with Crippen molar-refractivity contribution in [2.75, 3.05) is 32.7 Å². The molecule has 33 heavy (non-hydrogen) atoms. The molecule has 8 nitrogen and oxygen atoms in total. The fourth-order valence-corrected chi connectivity index (χ4v) is 5.97. The Bertz CT molecular complexity index is 1100. The van der Waals surface area contributed by atoms with Gasteiger partial charge in [-0.25, -0.2) is 8.42 Å². The van der Waals surface area contributed by atoms with Crippen molar-refractivity contribution in [1.82, 2.24) is 14.2 Å². The molecule has 0 aliphatic carbocycles. The van der Waals surface area contributed by atoms with E-state index in [0.717, 1.165) is 12.1 Å². The van der Waals surface area contributed by atoms with Gasteiger partial charge in [-0.05, 0) is 42.7 Å². The predicted molar refractivity (Wildman–Crippen MR) is 126 cm³/mol. The highest BCUT2D eigenvalue weighted by Gasteiger charge is 2.35. The Morgan fingerprint density at radius 1 is 1.03 bits per heavy atom. The van der Waals surface area contributed by atoms with Crippen molar-refractivity contribution in [2.45, 2.75) is 37.8 Å². The van der Waals surface area contributed by atoms with Crippen molar-refractivity contribution in [1.29, 1.82) is 0 Å². The quantitative estimate of drug-likeness (QED) is 0.647. The highest BCUT2D eigenvalue weighted by Crippen LogP contribution is 2.28. The molecule has 0 bridgehead atoms. The Morgan fingerprint density at radius 2 is 1.73 bits per heavy atom. The first-order valence-electron chi connectivity index (χ1n) is 11.4. The van der Waals surface area contributed by atoms with Gasteiger partial charge in [0.05, 0.1) is 11.4 Å². The molecular formula is C24H31N5O3S. The maximum atomic E-state index is 13.3. The van der Waals surface area contributed by atoms with Crippen LogP contribution in [0.1, 0.15) is 42.7 Å². The SMILES string of the molecule is CC(C)CN1CC(c2ccc(S(=O)(=O)N3CCN(C(=O)c4ccccc4)C[C@H]3C)cc2)N=N1. The molecule has 2 aliphatic heterocycles. The Kier molecular flexibility index (Phi) is 6.81. The summed E-state index contributed by atoms with van der Waals surface area (Å²) >= 11 is 0. The van der Waals surface area contributed by atoms with Crippen LogP contribution >= 0.6 is 0 Å². The molecule has 2 heterocycles. The van der Waals surface area contributed by atoms with Gasteiger partial charge in [0.2, 0.25) is 10.0 Å². The molecule has 0 radical (unpaired) electrons. The zero-order valence-corrected chi connectivity index (χ0v) is 20.1. The highest BCUT2D eigenvalue weighted by atomic mass is 32.2. The second-order valence-corrected chi connectivity index (χ2v) is 11.0. The fraction of sp³-hybridized carbons (Fsp3) is 0.458.